The molecule has 0 aliphatic rings. The molecule has 0 aromatic carbocycles. The predicted molar refractivity (Wildman–Crippen MR) is 100 cm³/mol. The van der Waals surface area contributed by atoms with Gasteiger partial charge in [0.15, 0.2) is 0 Å². The van der Waals surface area contributed by atoms with Crippen LogP contribution in [-0.2, 0) is 0 Å². The fourth-order valence-corrected chi connectivity index (χ4v) is 3.70. The minimum absolute atomic E-state index is 0.240. The summed E-state index contributed by atoms with van der Waals surface area (Å²) in [6.45, 7) is 7.23. The van der Waals surface area contributed by atoms with Crippen LogP contribution in [0.25, 0.3) is 0 Å². The highest BCUT2D eigenvalue weighted by Crippen LogP contribution is 2.36. The van der Waals surface area contributed by atoms with Gasteiger partial charge in [-0.2, -0.15) is 0 Å². The number of hydrogen-bond acceptors (Lipinski definition) is 1. The number of aliphatic hydroxyl groups is 1. The fraction of sp³-hybridized carbons (Fsp3) is 1.00. The third-order valence-corrected chi connectivity index (χ3v) is 5.24. The van der Waals surface area contributed by atoms with Gasteiger partial charge in [-0.1, -0.05) is 104 Å². The van der Waals surface area contributed by atoms with Crippen molar-refractivity contribution < 1.29 is 5.11 Å². The number of aliphatic hydroxyl groups excluding tert-OH is 1. The van der Waals surface area contributed by atoms with Crippen molar-refractivity contribution in [1.82, 2.24) is 0 Å². The van der Waals surface area contributed by atoms with Gasteiger partial charge in [0, 0.05) is 6.61 Å². The van der Waals surface area contributed by atoms with Crippen molar-refractivity contribution in [3.63, 3.8) is 0 Å². The lowest BCUT2D eigenvalue weighted by molar-refractivity contribution is 0.0879. The minimum atomic E-state index is 0.240. The van der Waals surface area contributed by atoms with E-state index in [-0.39, 0.29) is 5.41 Å². The van der Waals surface area contributed by atoms with Crippen LogP contribution in [0, 0.1) is 5.41 Å². The van der Waals surface area contributed by atoms with E-state index in [1.54, 1.807) is 0 Å². The van der Waals surface area contributed by atoms with Gasteiger partial charge in [-0.15, -0.1) is 0 Å². The number of unbranched alkanes of at least 4 members (excludes halogenated alkanes) is 10. The molecule has 0 spiro atoms. The molecular formula is C21H44O. The van der Waals surface area contributed by atoms with E-state index in [1.165, 1.54) is 103 Å². The van der Waals surface area contributed by atoms with Crippen molar-refractivity contribution in [3.05, 3.63) is 0 Å². The van der Waals surface area contributed by atoms with Crippen LogP contribution in [-0.4, -0.2) is 11.7 Å². The van der Waals surface area contributed by atoms with Crippen LogP contribution in [0.3, 0.4) is 0 Å². The molecule has 0 saturated carbocycles. The van der Waals surface area contributed by atoms with Crippen molar-refractivity contribution >= 4 is 0 Å². The summed E-state index contributed by atoms with van der Waals surface area (Å²) in [5.74, 6) is 0. The molecule has 0 unspecified atom stereocenters. The Bertz CT molecular complexity index is 196. The van der Waals surface area contributed by atoms with E-state index < -0.39 is 0 Å². The predicted octanol–water partition coefficient (Wildman–Crippen LogP) is 7.27. The zero-order valence-corrected chi connectivity index (χ0v) is 16.0. The molecule has 22 heavy (non-hydrogen) atoms. The Kier molecular flexibility index (Phi) is 15.8. The Morgan fingerprint density at radius 2 is 0.909 bits per heavy atom. The minimum Gasteiger partial charge on any atom is -0.396 e. The highest BCUT2D eigenvalue weighted by molar-refractivity contribution is 4.78. The van der Waals surface area contributed by atoms with Crippen LogP contribution in [0.15, 0.2) is 0 Å². The van der Waals surface area contributed by atoms with E-state index in [0.29, 0.717) is 6.61 Å². The van der Waals surface area contributed by atoms with E-state index in [9.17, 15) is 5.11 Å². The first-order valence-corrected chi connectivity index (χ1v) is 10.4. The second-order valence-electron chi connectivity index (χ2n) is 7.44. The summed E-state index contributed by atoms with van der Waals surface area (Å²) in [5.41, 5.74) is 0.240. The highest BCUT2D eigenvalue weighted by Gasteiger charge is 2.27. The summed E-state index contributed by atoms with van der Waals surface area (Å²) in [4.78, 5) is 0. The van der Waals surface area contributed by atoms with Crippen LogP contribution in [0.4, 0.5) is 0 Å². The van der Waals surface area contributed by atoms with Crippen molar-refractivity contribution in [2.24, 2.45) is 5.41 Å². The maximum atomic E-state index is 9.99. The van der Waals surface area contributed by atoms with Crippen molar-refractivity contribution in [2.75, 3.05) is 6.61 Å². The molecule has 0 heterocycles. The first-order valence-electron chi connectivity index (χ1n) is 10.4. The van der Waals surface area contributed by atoms with Gasteiger partial charge in [-0.3, -0.25) is 0 Å². The average Bonchev–Trinajstić information content (AvgIpc) is 2.54. The molecule has 0 amide bonds. The molecule has 0 aromatic rings. The summed E-state index contributed by atoms with van der Waals surface area (Å²) < 4.78 is 0. The van der Waals surface area contributed by atoms with Gasteiger partial charge in [-0.25, -0.2) is 0 Å². The molecule has 0 bridgehead atoms. The molecule has 1 N–H and O–H groups in total. The highest BCUT2D eigenvalue weighted by atomic mass is 16.3. The molecule has 0 aliphatic carbocycles. The summed E-state index contributed by atoms with van der Waals surface area (Å²) in [6.07, 6.45) is 21.3. The standard InChI is InChI=1S/C21H44O/c1-4-7-9-11-13-15-18-21(20-22,17-6-3)19-16-14-12-10-8-5-2/h22H,4-20H2,1-3H3. The zero-order chi connectivity index (χ0) is 16.5. The zero-order valence-electron chi connectivity index (χ0n) is 16.0. The lowest BCUT2D eigenvalue weighted by atomic mass is 9.75. The molecule has 0 aliphatic heterocycles. The van der Waals surface area contributed by atoms with Gasteiger partial charge < -0.3 is 5.11 Å². The monoisotopic (exact) mass is 312 g/mol. The van der Waals surface area contributed by atoms with Gasteiger partial charge in [0.25, 0.3) is 0 Å². The molecule has 0 aromatic heterocycles. The molecular weight excluding hydrogens is 268 g/mol. The van der Waals surface area contributed by atoms with Crippen LogP contribution >= 0.6 is 0 Å². The van der Waals surface area contributed by atoms with Crippen molar-refractivity contribution in [1.29, 1.82) is 0 Å². The van der Waals surface area contributed by atoms with E-state index in [1.807, 2.05) is 0 Å². The smallest absolute Gasteiger partial charge is 0.0487 e. The van der Waals surface area contributed by atoms with Gasteiger partial charge in [0.2, 0.25) is 0 Å². The summed E-state index contributed by atoms with van der Waals surface area (Å²) in [6, 6.07) is 0. The topological polar surface area (TPSA) is 20.2 Å². The maximum absolute atomic E-state index is 9.99. The van der Waals surface area contributed by atoms with E-state index in [4.69, 9.17) is 0 Å². The van der Waals surface area contributed by atoms with Gasteiger partial charge in [0.1, 0.15) is 0 Å². The molecule has 1 nitrogen and oxygen atoms in total. The molecule has 0 atom stereocenters. The fourth-order valence-electron chi connectivity index (χ4n) is 3.70. The van der Waals surface area contributed by atoms with Gasteiger partial charge >= 0.3 is 0 Å². The lowest BCUT2D eigenvalue weighted by Gasteiger charge is -2.32. The molecule has 0 rings (SSSR count). The van der Waals surface area contributed by atoms with Gasteiger partial charge in [0.05, 0.1) is 0 Å². The molecule has 0 radical (unpaired) electrons. The Morgan fingerprint density at radius 1 is 0.500 bits per heavy atom. The van der Waals surface area contributed by atoms with E-state index in [0.717, 1.165) is 0 Å². The molecule has 0 fully saturated rings. The average molecular weight is 313 g/mol. The third kappa shape index (κ3) is 11.5. The van der Waals surface area contributed by atoms with Crippen LogP contribution in [0.2, 0.25) is 0 Å². The Labute approximate surface area is 141 Å². The van der Waals surface area contributed by atoms with Crippen molar-refractivity contribution in [3.8, 4) is 0 Å². The van der Waals surface area contributed by atoms with Crippen LogP contribution in [0.1, 0.15) is 124 Å². The first kappa shape index (κ1) is 22.0. The summed E-state index contributed by atoms with van der Waals surface area (Å²) in [7, 11) is 0. The van der Waals surface area contributed by atoms with Crippen molar-refractivity contribution in [2.45, 2.75) is 124 Å². The normalized spacial score (nSPS) is 12.0. The quantitative estimate of drug-likeness (QED) is 0.280. The van der Waals surface area contributed by atoms with Crippen LogP contribution < -0.4 is 0 Å². The number of rotatable bonds is 17. The van der Waals surface area contributed by atoms with E-state index in [2.05, 4.69) is 20.8 Å². The Morgan fingerprint density at radius 3 is 1.27 bits per heavy atom. The Balaban J connectivity index is 3.95. The summed E-state index contributed by atoms with van der Waals surface area (Å²) in [5, 5.41) is 9.99. The van der Waals surface area contributed by atoms with Crippen LogP contribution in [0.5, 0.6) is 0 Å². The molecule has 1 heteroatoms. The third-order valence-electron chi connectivity index (χ3n) is 5.24. The molecule has 134 valence electrons. The molecule has 0 saturated heterocycles. The summed E-state index contributed by atoms with van der Waals surface area (Å²) >= 11 is 0. The number of hydrogen-bond donors (Lipinski definition) is 1. The first-order chi connectivity index (χ1) is 10.7. The van der Waals surface area contributed by atoms with Gasteiger partial charge in [-0.05, 0) is 24.7 Å². The second kappa shape index (κ2) is 15.8. The SMILES string of the molecule is CCCCCCCCC(CO)(CCC)CCCCCCCC. The lowest BCUT2D eigenvalue weighted by Crippen LogP contribution is -2.25. The Hall–Kier alpha value is -0.0400. The maximum Gasteiger partial charge on any atom is 0.0487 e. The second-order valence-corrected chi connectivity index (χ2v) is 7.44. The largest absolute Gasteiger partial charge is 0.396 e. The van der Waals surface area contributed by atoms with E-state index >= 15 is 0 Å².